The summed E-state index contributed by atoms with van der Waals surface area (Å²) in [7, 11) is 0. The maximum atomic E-state index is 2.34. The van der Waals surface area contributed by atoms with Gasteiger partial charge in [0, 0.05) is 0 Å². The maximum absolute atomic E-state index is 2.34. The monoisotopic (exact) mass is 190 g/mol. The van der Waals surface area contributed by atoms with Gasteiger partial charge in [-0.25, -0.2) is 0 Å². The van der Waals surface area contributed by atoms with Crippen LogP contribution in [0.3, 0.4) is 0 Å². The summed E-state index contributed by atoms with van der Waals surface area (Å²) in [6.45, 7) is 8.67. The molecule has 0 saturated heterocycles. The van der Waals surface area contributed by atoms with Crippen LogP contribution in [-0.2, 0) is 12.8 Å². The lowest BCUT2D eigenvalue weighted by Crippen LogP contribution is -1.88. The molecule has 0 amide bonds. The highest BCUT2D eigenvalue weighted by atomic mass is 14.2. The molecule has 0 saturated carbocycles. The first kappa shape index (κ1) is 11.3. The van der Waals surface area contributed by atoms with Gasteiger partial charge >= 0.3 is 0 Å². The van der Waals surface area contributed by atoms with E-state index in [0.29, 0.717) is 0 Å². The Kier molecular flexibility index (Phi) is 4.19. The van der Waals surface area contributed by atoms with Crippen LogP contribution in [0.1, 0.15) is 48.9 Å². The molecule has 1 aromatic rings. The van der Waals surface area contributed by atoms with Crippen LogP contribution in [0.4, 0.5) is 0 Å². The van der Waals surface area contributed by atoms with Crippen molar-refractivity contribution in [2.45, 2.75) is 53.4 Å². The van der Waals surface area contributed by atoms with Gasteiger partial charge in [-0.2, -0.15) is 0 Å². The van der Waals surface area contributed by atoms with Crippen LogP contribution in [-0.4, -0.2) is 0 Å². The third-order valence-corrected chi connectivity index (χ3v) is 2.58. The second-order valence-electron chi connectivity index (χ2n) is 4.28. The lowest BCUT2D eigenvalue weighted by Gasteiger charge is -2.04. The van der Waals surface area contributed by atoms with Crippen LogP contribution < -0.4 is 0 Å². The SMILES string of the molecule is CCC.Cc1cc(C)c2c(c1)CCC2. The van der Waals surface area contributed by atoms with Gasteiger partial charge < -0.3 is 0 Å². The fraction of sp³-hybridized carbons (Fsp3) is 0.571. The zero-order valence-corrected chi connectivity index (χ0v) is 9.98. The van der Waals surface area contributed by atoms with Gasteiger partial charge in [0.05, 0.1) is 0 Å². The molecule has 0 aliphatic heterocycles. The molecule has 0 heteroatoms. The highest BCUT2D eigenvalue weighted by Crippen LogP contribution is 2.25. The summed E-state index contributed by atoms with van der Waals surface area (Å²) in [5.74, 6) is 0. The Morgan fingerprint density at radius 2 is 1.71 bits per heavy atom. The molecule has 78 valence electrons. The largest absolute Gasteiger partial charge is 0.0656 e. The third-order valence-electron chi connectivity index (χ3n) is 2.58. The van der Waals surface area contributed by atoms with Crippen LogP contribution in [0.2, 0.25) is 0 Å². The van der Waals surface area contributed by atoms with E-state index in [2.05, 4.69) is 39.8 Å². The molecule has 1 aliphatic carbocycles. The molecule has 0 aromatic heterocycles. The van der Waals surface area contributed by atoms with Crippen molar-refractivity contribution in [1.82, 2.24) is 0 Å². The molecular weight excluding hydrogens is 168 g/mol. The van der Waals surface area contributed by atoms with E-state index < -0.39 is 0 Å². The molecule has 0 heterocycles. The average molecular weight is 190 g/mol. The van der Waals surface area contributed by atoms with Crippen molar-refractivity contribution in [2.75, 3.05) is 0 Å². The van der Waals surface area contributed by atoms with Crippen LogP contribution in [0.5, 0.6) is 0 Å². The molecule has 0 nitrogen and oxygen atoms in total. The summed E-state index contributed by atoms with van der Waals surface area (Å²) in [6, 6.07) is 4.64. The molecule has 0 unspecified atom stereocenters. The van der Waals surface area contributed by atoms with E-state index in [0.717, 1.165) is 0 Å². The minimum atomic E-state index is 1.25. The summed E-state index contributed by atoms with van der Waals surface area (Å²) >= 11 is 0. The normalized spacial score (nSPS) is 13.1. The summed E-state index contributed by atoms with van der Waals surface area (Å²) in [5.41, 5.74) is 6.14. The summed E-state index contributed by atoms with van der Waals surface area (Å²) < 4.78 is 0. The Labute approximate surface area is 88.4 Å². The Morgan fingerprint density at radius 3 is 2.36 bits per heavy atom. The number of hydrogen-bond acceptors (Lipinski definition) is 0. The zero-order chi connectivity index (χ0) is 10.6. The van der Waals surface area contributed by atoms with Crippen molar-refractivity contribution in [2.24, 2.45) is 0 Å². The van der Waals surface area contributed by atoms with E-state index in [1.807, 2.05) is 0 Å². The second kappa shape index (κ2) is 5.19. The van der Waals surface area contributed by atoms with Crippen LogP contribution >= 0.6 is 0 Å². The van der Waals surface area contributed by atoms with Crippen molar-refractivity contribution < 1.29 is 0 Å². The molecule has 2 rings (SSSR count). The Morgan fingerprint density at radius 1 is 1.07 bits per heavy atom. The molecule has 1 aliphatic rings. The smallest absolute Gasteiger partial charge is 0.0270 e. The number of benzene rings is 1. The zero-order valence-electron chi connectivity index (χ0n) is 9.98. The number of hydrogen-bond donors (Lipinski definition) is 0. The first-order valence-electron chi connectivity index (χ1n) is 5.78. The molecule has 0 spiro atoms. The van der Waals surface area contributed by atoms with Crippen molar-refractivity contribution in [3.05, 3.63) is 34.4 Å². The topological polar surface area (TPSA) is 0 Å². The van der Waals surface area contributed by atoms with E-state index in [-0.39, 0.29) is 0 Å². The van der Waals surface area contributed by atoms with Gasteiger partial charge in [0.15, 0.2) is 0 Å². The van der Waals surface area contributed by atoms with Gasteiger partial charge in [0.1, 0.15) is 0 Å². The molecule has 14 heavy (non-hydrogen) atoms. The highest BCUT2D eigenvalue weighted by Gasteiger charge is 2.12. The van der Waals surface area contributed by atoms with Crippen molar-refractivity contribution in [3.8, 4) is 0 Å². The van der Waals surface area contributed by atoms with E-state index in [4.69, 9.17) is 0 Å². The van der Waals surface area contributed by atoms with Crippen LogP contribution in [0.15, 0.2) is 12.1 Å². The molecule has 1 aromatic carbocycles. The highest BCUT2D eigenvalue weighted by molar-refractivity contribution is 5.40. The van der Waals surface area contributed by atoms with Gasteiger partial charge in [-0.15, -0.1) is 0 Å². The third kappa shape index (κ3) is 2.60. The van der Waals surface area contributed by atoms with Crippen LogP contribution in [0.25, 0.3) is 0 Å². The molecular formula is C14H22. The number of rotatable bonds is 0. The lowest BCUT2D eigenvalue weighted by molar-refractivity contribution is 0.909. The van der Waals surface area contributed by atoms with Gasteiger partial charge in [0.2, 0.25) is 0 Å². The summed E-state index contributed by atoms with van der Waals surface area (Å²) in [4.78, 5) is 0. The first-order chi connectivity index (χ1) is 6.69. The lowest BCUT2D eigenvalue weighted by atomic mass is 10.0. The second-order valence-corrected chi connectivity index (χ2v) is 4.28. The van der Waals surface area contributed by atoms with Crippen molar-refractivity contribution >= 4 is 0 Å². The fourth-order valence-electron chi connectivity index (χ4n) is 2.12. The summed E-state index contributed by atoms with van der Waals surface area (Å²) in [6.07, 6.45) is 5.22. The molecule has 0 atom stereocenters. The number of aryl methyl sites for hydroxylation is 3. The van der Waals surface area contributed by atoms with Crippen molar-refractivity contribution in [1.29, 1.82) is 0 Å². The predicted octanol–water partition coefficient (Wildman–Crippen LogP) is 4.21. The van der Waals surface area contributed by atoms with Crippen molar-refractivity contribution in [3.63, 3.8) is 0 Å². The van der Waals surface area contributed by atoms with Crippen LogP contribution in [0, 0.1) is 13.8 Å². The Balaban J connectivity index is 0.000000293. The van der Waals surface area contributed by atoms with E-state index in [9.17, 15) is 0 Å². The predicted molar refractivity (Wildman–Crippen MR) is 63.9 cm³/mol. The van der Waals surface area contributed by atoms with E-state index >= 15 is 0 Å². The van der Waals surface area contributed by atoms with Gasteiger partial charge in [-0.05, 0) is 49.8 Å². The van der Waals surface area contributed by atoms with Gasteiger partial charge in [-0.1, -0.05) is 38.0 Å². The molecule has 0 N–H and O–H groups in total. The fourth-order valence-corrected chi connectivity index (χ4v) is 2.12. The molecule has 0 bridgehead atoms. The molecule has 0 radical (unpaired) electrons. The average Bonchev–Trinajstić information content (AvgIpc) is 2.53. The quantitative estimate of drug-likeness (QED) is 0.575. The molecule has 0 fully saturated rings. The minimum Gasteiger partial charge on any atom is -0.0656 e. The Bertz CT molecular complexity index is 297. The van der Waals surface area contributed by atoms with Gasteiger partial charge in [-0.3, -0.25) is 0 Å². The number of fused-ring (bicyclic) bond motifs is 1. The van der Waals surface area contributed by atoms with Gasteiger partial charge in [0.25, 0.3) is 0 Å². The minimum absolute atomic E-state index is 1.25. The van der Waals surface area contributed by atoms with E-state index in [1.54, 1.807) is 11.1 Å². The van der Waals surface area contributed by atoms with E-state index in [1.165, 1.54) is 36.8 Å². The Hall–Kier alpha value is -0.780. The standard InChI is InChI=1S/C11H14.C3H8/c1-8-6-9(2)11-5-3-4-10(11)7-8;1-3-2/h6-7H,3-5H2,1-2H3;3H2,1-2H3. The maximum Gasteiger partial charge on any atom is -0.0270 e. The summed E-state index contributed by atoms with van der Waals surface area (Å²) in [5, 5.41) is 0. The first-order valence-corrected chi connectivity index (χ1v) is 5.78.